The molecule has 0 spiro atoms. The summed E-state index contributed by atoms with van der Waals surface area (Å²) in [4.78, 5) is 0. The van der Waals surface area contributed by atoms with Gasteiger partial charge in [-0.1, -0.05) is 30.3 Å². The zero-order chi connectivity index (χ0) is 12.8. The first kappa shape index (κ1) is 13.9. The molecule has 1 heterocycles. The van der Waals surface area contributed by atoms with E-state index in [4.69, 9.17) is 16.3 Å². The van der Waals surface area contributed by atoms with Crippen LogP contribution in [0.4, 0.5) is 0 Å². The molecule has 3 heteroatoms. The minimum Gasteiger partial charge on any atom is -0.378 e. The minimum absolute atomic E-state index is 0.151. The van der Waals surface area contributed by atoms with Crippen LogP contribution in [0.1, 0.15) is 31.7 Å². The number of rotatable bonds is 6. The van der Waals surface area contributed by atoms with E-state index >= 15 is 0 Å². The predicted octanol–water partition coefficient (Wildman–Crippen LogP) is 3.30. The van der Waals surface area contributed by atoms with Gasteiger partial charge in [0, 0.05) is 12.5 Å². The van der Waals surface area contributed by atoms with Gasteiger partial charge in [-0.05, 0) is 38.3 Å². The smallest absolute Gasteiger partial charge is 0.0588 e. The van der Waals surface area contributed by atoms with Gasteiger partial charge in [0.2, 0.25) is 0 Å². The lowest BCUT2D eigenvalue weighted by molar-refractivity contribution is 0.102. The molecule has 2 nitrogen and oxygen atoms in total. The summed E-state index contributed by atoms with van der Waals surface area (Å²) in [5.74, 6) is 0.572. The molecule has 0 aliphatic carbocycles. The molecule has 1 aromatic rings. The molecule has 2 rings (SSSR count). The molecule has 1 aliphatic rings. The van der Waals surface area contributed by atoms with Crippen LogP contribution in [0.15, 0.2) is 30.3 Å². The Hall–Kier alpha value is -0.570. The second kappa shape index (κ2) is 6.55. The Kier molecular flexibility index (Phi) is 5.04. The maximum Gasteiger partial charge on any atom is 0.0588 e. The van der Waals surface area contributed by atoms with Gasteiger partial charge < -0.3 is 10.1 Å². The van der Waals surface area contributed by atoms with Crippen LogP contribution in [-0.2, 0) is 10.3 Å². The fourth-order valence-corrected chi connectivity index (χ4v) is 2.66. The summed E-state index contributed by atoms with van der Waals surface area (Å²) in [5.41, 5.74) is 1.09. The lowest BCUT2D eigenvalue weighted by Gasteiger charge is -2.30. The van der Waals surface area contributed by atoms with Gasteiger partial charge in [-0.3, -0.25) is 0 Å². The summed E-state index contributed by atoms with van der Waals surface area (Å²) >= 11 is 6.14. The van der Waals surface area contributed by atoms with Crippen molar-refractivity contribution in [1.29, 1.82) is 0 Å². The molecule has 0 saturated carbocycles. The number of nitrogens with one attached hydrogen (secondary N) is 1. The molecule has 18 heavy (non-hydrogen) atoms. The van der Waals surface area contributed by atoms with Crippen LogP contribution in [0.5, 0.6) is 0 Å². The lowest BCUT2D eigenvalue weighted by Crippen LogP contribution is -2.42. The summed E-state index contributed by atoms with van der Waals surface area (Å²) in [6.45, 7) is 4.03. The van der Waals surface area contributed by atoms with E-state index in [1.54, 1.807) is 0 Å². The van der Waals surface area contributed by atoms with Gasteiger partial charge in [-0.15, -0.1) is 11.6 Å². The Morgan fingerprint density at radius 1 is 1.39 bits per heavy atom. The normalized spacial score (nSPS) is 22.9. The van der Waals surface area contributed by atoms with Gasteiger partial charge in [0.1, 0.15) is 0 Å². The molecule has 0 aromatic heterocycles. The predicted molar refractivity (Wildman–Crippen MR) is 76.1 cm³/mol. The van der Waals surface area contributed by atoms with Crippen LogP contribution in [0.2, 0.25) is 0 Å². The molecule has 2 atom stereocenters. The average molecular weight is 268 g/mol. The van der Waals surface area contributed by atoms with Crippen LogP contribution < -0.4 is 5.32 Å². The number of ether oxygens (including phenoxy) is 1. The highest BCUT2D eigenvalue weighted by Gasteiger charge is 2.25. The van der Waals surface area contributed by atoms with E-state index in [-0.39, 0.29) is 5.54 Å². The molecule has 1 saturated heterocycles. The van der Waals surface area contributed by atoms with E-state index in [1.165, 1.54) is 18.4 Å². The number of hydrogen-bond donors (Lipinski definition) is 1. The van der Waals surface area contributed by atoms with Crippen molar-refractivity contribution in [3.05, 3.63) is 35.9 Å². The van der Waals surface area contributed by atoms with Gasteiger partial charge in [-0.2, -0.15) is 0 Å². The molecular weight excluding hydrogens is 246 g/mol. The Morgan fingerprint density at radius 2 is 2.17 bits per heavy atom. The Labute approximate surface area is 115 Å². The van der Waals surface area contributed by atoms with Crippen molar-refractivity contribution >= 4 is 11.6 Å². The molecule has 1 aromatic carbocycles. The minimum atomic E-state index is -0.151. The van der Waals surface area contributed by atoms with Crippen LogP contribution in [0.25, 0.3) is 0 Å². The summed E-state index contributed by atoms with van der Waals surface area (Å²) in [6.07, 6.45) is 3.91. The quantitative estimate of drug-likeness (QED) is 0.799. The van der Waals surface area contributed by atoms with Gasteiger partial charge in [-0.25, -0.2) is 0 Å². The van der Waals surface area contributed by atoms with Crippen LogP contribution in [0, 0.1) is 0 Å². The van der Waals surface area contributed by atoms with Crippen molar-refractivity contribution in [3.63, 3.8) is 0 Å². The number of benzene rings is 1. The molecule has 0 bridgehead atoms. The molecule has 1 aliphatic heterocycles. The number of hydrogen-bond acceptors (Lipinski definition) is 2. The van der Waals surface area contributed by atoms with Crippen molar-refractivity contribution in [2.24, 2.45) is 0 Å². The molecule has 1 N–H and O–H groups in total. The summed E-state index contributed by atoms with van der Waals surface area (Å²) in [5, 5.41) is 3.58. The van der Waals surface area contributed by atoms with Gasteiger partial charge >= 0.3 is 0 Å². The average Bonchev–Trinajstić information content (AvgIpc) is 2.93. The first-order valence-corrected chi connectivity index (χ1v) is 7.26. The van der Waals surface area contributed by atoms with Crippen molar-refractivity contribution in [1.82, 2.24) is 5.32 Å². The molecule has 1 fully saturated rings. The molecule has 0 radical (unpaired) electrons. The van der Waals surface area contributed by atoms with E-state index in [9.17, 15) is 0 Å². The Morgan fingerprint density at radius 3 is 2.78 bits per heavy atom. The molecular formula is C15H22ClNO. The summed E-state index contributed by atoms with van der Waals surface area (Å²) in [7, 11) is 0. The van der Waals surface area contributed by atoms with Crippen molar-refractivity contribution in [2.75, 3.05) is 19.0 Å². The van der Waals surface area contributed by atoms with Gasteiger partial charge in [0.25, 0.3) is 0 Å². The Bertz CT molecular complexity index is 351. The molecule has 2 unspecified atom stereocenters. The topological polar surface area (TPSA) is 21.3 Å². The van der Waals surface area contributed by atoms with Crippen LogP contribution in [-0.4, -0.2) is 25.1 Å². The van der Waals surface area contributed by atoms with E-state index < -0.39 is 0 Å². The van der Waals surface area contributed by atoms with Crippen LogP contribution >= 0.6 is 11.6 Å². The van der Waals surface area contributed by atoms with E-state index in [0.29, 0.717) is 12.0 Å². The van der Waals surface area contributed by atoms with Crippen molar-refractivity contribution in [2.45, 2.75) is 37.8 Å². The molecule has 0 amide bonds. The zero-order valence-electron chi connectivity index (χ0n) is 11.0. The maximum atomic E-state index is 6.14. The second-order valence-electron chi connectivity index (χ2n) is 5.18. The van der Waals surface area contributed by atoms with Gasteiger partial charge in [0.05, 0.1) is 11.6 Å². The van der Waals surface area contributed by atoms with Gasteiger partial charge in [0.15, 0.2) is 0 Å². The zero-order valence-corrected chi connectivity index (χ0v) is 11.7. The number of alkyl halides is 1. The van der Waals surface area contributed by atoms with Crippen molar-refractivity contribution < 1.29 is 4.74 Å². The maximum absolute atomic E-state index is 6.14. The first-order chi connectivity index (χ1) is 8.74. The summed E-state index contributed by atoms with van der Waals surface area (Å²) in [6, 6.07) is 10.4. The van der Waals surface area contributed by atoms with E-state index in [1.807, 2.05) is 6.07 Å². The monoisotopic (exact) mass is 267 g/mol. The molecule has 100 valence electrons. The van der Waals surface area contributed by atoms with E-state index in [2.05, 4.69) is 36.5 Å². The standard InChI is InChI=1S/C15H22ClNO/c1-15(12-16,13-6-3-2-4-7-13)17-10-9-14-8-5-11-18-14/h2-4,6-7,14,17H,5,8-12H2,1H3. The SMILES string of the molecule is CC(CCl)(NCCC1CCCO1)c1ccccc1. The Balaban J connectivity index is 1.87. The third-order valence-electron chi connectivity index (χ3n) is 3.68. The third kappa shape index (κ3) is 3.47. The van der Waals surface area contributed by atoms with Crippen LogP contribution in [0.3, 0.4) is 0 Å². The fourth-order valence-electron chi connectivity index (χ4n) is 2.41. The third-order valence-corrected chi connectivity index (χ3v) is 4.22. The number of halogens is 1. The highest BCUT2D eigenvalue weighted by atomic mass is 35.5. The summed E-state index contributed by atoms with van der Waals surface area (Å²) < 4.78 is 5.63. The lowest BCUT2D eigenvalue weighted by atomic mass is 9.94. The fraction of sp³-hybridized carbons (Fsp3) is 0.600. The largest absolute Gasteiger partial charge is 0.378 e. The first-order valence-electron chi connectivity index (χ1n) is 6.73. The van der Waals surface area contributed by atoms with Crippen molar-refractivity contribution in [3.8, 4) is 0 Å². The highest BCUT2D eigenvalue weighted by Crippen LogP contribution is 2.22. The van der Waals surface area contributed by atoms with E-state index in [0.717, 1.165) is 19.6 Å². The highest BCUT2D eigenvalue weighted by molar-refractivity contribution is 6.18. The second-order valence-corrected chi connectivity index (χ2v) is 5.45.